The van der Waals surface area contributed by atoms with Gasteiger partial charge in [0.15, 0.2) is 5.69 Å². The summed E-state index contributed by atoms with van der Waals surface area (Å²) in [4.78, 5) is 35.7. The van der Waals surface area contributed by atoms with Gasteiger partial charge < -0.3 is 0 Å². The first-order chi connectivity index (χ1) is 14.3. The normalized spacial score (nSPS) is 11.2. The second kappa shape index (κ2) is 8.80. The van der Waals surface area contributed by atoms with E-state index in [1.54, 1.807) is 18.2 Å². The van der Waals surface area contributed by atoms with E-state index in [0.29, 0.717) is 5.39 Å². The van der Waals surface area contributed by atoms with Crippen LogP contribution in [0.25, 0.3) is 10.8 Å². The number of hydrazine groups is 1. The fourth-order valence-corrected chi connectivity index (χ4v) is 3.56. The van der Waals surface area contributed by atoms with Gasteiger partial charge in [-0.25, -0.2) is 22.6 Å². The number of halogens is 1. The van der Waals surface area contributed by atoms with Gasteiger partial charge in [0.05, 0.1) is 10.3 Å². The zero-order chi connectivity index (χ0) is 21.7. The fourth-order valence-electron chi connectivity index (χ4n) is 2.53. The van der Waals surface area contributed by atoms with Gasteiger partial charge in [-0.2, -0.15) is 5.10 Å². The lowest BCUT2D eigenvalue weighted by atomic mass is 10.1. The van der Waals surface area contributed by atoms with Crippen LogP contribution < -0.4 is 21.1 Å². The molecule has 0 saturated carbocycles. The first-order valence-corrected chi connectivity index (χ1v) is 10.1. The highest BCUT2D eigenvalue weighted by atomic mass is 32.2. The second-order valence-corrected chi connectivity index (χ2v) is 7.82. The number of fused-ring (bicyclic) bond motifs is 1. The Kier molecular flexibility index (Phi) is 6.18. The summed E-state index contributed by atoms with van der Waals surface area (Å²) >= 11 is 0. The minimum Gasteiger partial charge on any atom is -0.273 e. The lowest BCUT2D eigenvalue weighted by Gasteiger charge is -2.09. The van der Waals surface area contributed by atoms with Crippen LogP contribution in [0.15, 0.2) is 58.2 Å². The topological polar surface area (TPSA) is 150 Å². The van der Waals surface area contributed by atoms with E-state index in [2.05, 4.69) is 25.8 Å². The molecule has 10 nitrogen and oxygen atoms in total. The Bertz CT molecular complexity index is 1260. The number of carbonyl (C=O) groups is 2. The molecule has 0 spiro atoms. The van der Waals surface area contributed by atoms with Crippen molar-refractivity contribution in [2.45, 2.75) is 11.3 Å². The molecule has 0 radical (unpaired) electrons. The molecule has 0 aliphatic heterocycles. The van der Waals surface area contributed by atoms with Crippen LogP contribution >= 0.6 is 0 Å². The zero-order valence-corrected chi connectivity index (χ0v) is 16.1. The number of nitrogens with zero attached hydrogens (tertiary/aromatic N) is 1. The maximum atomic E-state index is 12.9. The van der Waals surface area contributed by atoms with E-state index in [-0.39, 0.29) is 28.9 Å². The summed E-state index contributed by atoms with van der Waals surface area (Å²) in [6.07, 6.45) is -0.277. The number of amides is 2. The van der Waals surface area contributed by atoms with Gasteiger partial charge >= 0.3 is 0 Å². The Hall–Kier alpha value is -3.64. The Labute approximate surface area is 169 Å². The predicted octanol–water partition coefficient (Wildman–Crippen LogP) is 0.192. The summed E-state index contributed by atoms with van der Waals surface area (Å²) < 4.78 is 39.2. The molecule has 0 aliphatic carbocycles. The Morgan fingerprint density at radius 1 is 1.00 bits per heavy atom. The van der Waals surface area contributed by atoms with Crippen molar-refractivity contribution < 1.29 is 22.4 Å². The molecule has 3 aromatic rings. The molecule has 3 rings (SSSR count). The summed E-state index contributed by atoms with van der Waals surface area (Å²) in [5, 5.41) is 6.47. The largest absolute Gasteiger partial charge is 0.290 e. The van der Waals surface area contributed by atoms with E-state index in [4.69, 9.17) is 0 Å². The van der Waals surface area contributed by atoms with Crippen LogP contribution in [0.2, 0.25) is 0 Å². The molecule has 156 valence electrons. The lowest BCUT2D eigenvalue weighted by molar-refractivity contribution is -0.121. The molecule has 12 heteroatoms. The molecular weight excluding hydrogens is 417 g/mol. The van der Waals surface area contributed by atoms with Gasteiger partial charge in [0, 0.05) is 18.4 Å². The molecule has 0 saturated heterocycles. The highest BCUT2D eigenvalue weighted by molar-refractivity contribution is 7.89. The van der Waals surface area contributed by atoms with Crippen LogP contribution in [-0.2, 0) is 14.8 Å². The van der Waals surface area contributed by atoms with Gasteiger partial charge in [0.25, 0.3) is 11.5 Å². The molecule has 0 fully saturated rings. The third kappa shape index (κ3) is 4.85. The van der Waals surface area contributed by atoms with Crippen molar-refractivity contribution in [1.82, 2.24) is 25.8 Å². The number of carbonyl (C=O) groups excluding carboxylic acids is 2. The third-order valence-corrected chi connectivity index (χ3v) is 5.47. The van der Waals surface area contributed by atoms with Crippen molar-refractivity contribution in [3.05, 3.63) is 70.4 Å². The van der Waals surface area contributed by atoms with Gasteiger partial charge in [-0.1, -0.05) is 18.2 Å². The smallest absolute Gasteiger partial charge is 0.273 e. The first kappa shape index (κ1) is 21.1. The van der Waals surface area contributed by atoms with Crippen LogP contribution in [0.4, 0.5) is 4.39 Å². The van der Waals surface area contributed by atoms with Crippen molar-refractivity contribution in [2.24, 2.45) is 0 Å². The molecule has 2 aromatic carbocycles. The quantitative estimate of drug-likeness (QED) is 0.408. The minimum absolute atomic E-state index is 0.0949. The summed E-state index contributed by atoms with van der Waals surface area (Å²) in [5.74, 6) is -2.00. The highest BCUT2D eigenvalue weighted by Gasteiger charge is 2.16. The molecule has 0 unspecified atom stereocenters. The van der Waals surface area contributed by atoms with Gasteiger partial charge in [-0.15, -0.1) is 0 Å². The first-order valence-electron chi connectivity index (χ1n) is 8.60. The van der Waals surface area contributed by atoms with E-state index < -0.39 is 33.2 Å². The summed E-state index contributed by atoms with van der Waals surface area (Å²) in [7, 11) is -3.90. The van der Waals surface area contributed by atoms with E-state index in [9.17, 15) is 27.2 Å². The Balaban J connectivity index is 1.54. The number of benzene rings is 2. The van der Waals surface area contributed by atoms with E-state index in [1.165, 1.54) is 6.07 Å². The Morgan fingerprint density at radius 3 is 2.37 bits per heavy atom. The van der Waals surface area contributed by atoms with Gasteiger partial charge in [0.2, 0.25) is 15.9 Å². The third-order valence-electron chi connectivity index (χ3n) is 3.99. The molecule has 2 amide bonds. The molecule has 30 heavy (non-hydrogen) atoms. The number of sulfonamides is 1. The van der Waals surface area contributed by atoms with E-state index in [0.717, 1.165) is 24.3 Å². The van der Waals surface area contributed by atoms with Crippen molar-refractivity contribution in [2.75, 3.05) is 6.54 Å². The second-order valence-electron chi connectivity index (χ2n) is 6.05. The maximum Gasteiger partial charge on any atom is 0.290 e. The lowest BCUT2D eigenvalue weighted by Crippen LogP contribution is -2.43. The summed E-state index contributed by atoms with van der Waals surface area (Å²) in [5.41, 5.74) is 3.74. The molecule has 0 bridgehead atoms. The van der Waals surface area contributed by atoms with Crippen LogP contribution in [0.1, 0.15) is 16.9 Å². The average Bonchev–Trinajstić information content (AvgIpc) is 2.73. The number of aromatic amines is 1. The van der Waals surface area contributed by atoms with Crippen molar-refractivity contribution >= 4 is 32.6 Å². The van der Waals surface area contributed by atoms with E-state index in [1.807, 2.05) is 0 Å². The van der Waals surface area contributed by atoms with Crippen molar-refractivity contribution in [3.63, 3.8) is 0 Å². The highest BCUT2D eigenvalue weighted by Crippen LogP contribution is 2.12. The molecular formula is C18H16FN5O5S. The molecule has 1 aromatic heterocycles. The Morgan fingerprint density at radius 2 is 1.67 bits per heavy atom. The molecule has 1 heterocycles. The van der Waals surface area contributed by atoms with Crippen molar-refractivity contribution in [3.8, 4) is 0 Å². The average molecular weight is 433 g/mol. The van der Waals surface area contributed by atoms with Crippen LogP contribution in [0.3, 0.4) is 0 Å². The van der Waals surface area contributed by atoms with Gasteiger partial charge in [-0.05, 0) is 30.3 Å². The minimum atomic E-state index is -3.90. The SMILES string of the molecule is O=C(CCNS(=O)(=O)c1ccc(F)cc1)NNC(=O)c1n[nH]c(=O)c2ccccc12. The van der Waals surface area contributed by atoms with Crippen LogP contribution in [0.5, 0.6) is 0 Å². The summed E-state index contributed by atoms with van der Waals surface area (Å²) in [6, 6.07) is 10.5. The summed E-state index contributed by atoms with van der Waals surface area (Å²) in [6.45, 7) is -0.249. The monoisotopic (exact) mass is 433 g/mol. The van der Waals surface area contributed by atoms with Crippen molar-refractivity contribution in [1.29, 1.82) is 0 Å². The molecule has 4 N–H and O–H groups in total. The van der Waals surface area contributed by atoms with Gasteiger partial charge in [-0.3, -0.25) is 25.2 Å². The number of hydrogen-bond donors (Lipinski definition) is 4. The van der Waals surface area contributed by atoms with Crippen LogP contribution in [-0.4, -0.2) is 37.0 Å². The molecule has 0 aliphatic rings. The zero-order valence-electron chi connectivity index (χ0n) is 15.3. The number of aromatic nitrogens is 2. The number of H-pyrrole nitrogens is 1. The predicted molar refractivity (Wildman–Crippen MR) is 104 cm³/mol. The van der Waals surface area contributed by atoms with Gasteiger partial charge in [0.1, 0.15) is 5.82 Å². The maximum absolute atomic E-state index is 12.9. The molecule has 0 atom stereocenters. The number of nitrogens with one attached hydrogen (secondary N) is 4. The van der Waals surface area contributed by atoms with E-state index >= 15 is 0 Å². The van der Waals surface area contributed by atoms with Crippen LogP contribution in [0, 0.1) is 5.82 Å². The number of hydrogen-bond acceptors (Lipinski definition) is 6. The standard InChI is InChI=1S/C18H16FN5O5S/c19-11-5-7-12(8-6-11)30(28,29)20-10-9-15(25)21-24-18(27)16-13-3-1-2-4-14(13)17(26)23-22-16/h1-8,20H,9-10H2,(H,21,25)(H,23,26)(H,24,27). The number of rotatable bonds is 6. The fraction of sp³-hybridized carbons (Fsp3) is 0.111.